The van der Waals surface area contributed by atoms with E-state index in [9.17, 15) is 0 Å². The van der Waals surface area contributed by atoms with E-state index in [1.165, 1.54) is 48.2 Å². The molecule has 1 fully saturated rings. The Bertz CT molecular complexity index is 308. The summed E-state index contributed by atoms with van der Waals surface area (Å²) in [6.45, 7) is 6.04. The van der Waals surface area contributed by atoms with Crippen molar-refractivity contribution in [2.24, 2.45) is 0 Å². The summed E-state index contributed by atoms with van der Waals surface area (Å²) in [7, 11) is 0. The number of hydrogen-bond donors (Lipinski definition) is 1. The smallest absolute Gasteiger partial charge is 0.0300 e. The first-order valence-electron chi connectivity index (χ1n) is 6.00. The Hall–Kier alpha value is 0.1000. The molecule has 16 heavy (non-hydrogen) atoms. The second-order valence-corrected chi connectivity index (χ2v) is 6.22. The van der Waals surface area contributed by atoms with Crippen molar-refractivity contribution in [3.63, 3.8) is 0 Å². The molecule has 0 bridgehead atoms. The molecule has 1 aromatic rings. The van der Waals surface area contributed by atoms with Gasteiger partial charge in [0.05, 0.1) is 0 Å². The van der Waals surface area contributed by atoms with Gasteiger partial charge < -0.3 is 10.2 Å². The first-order chi connectivity index (χ1) is 7.84. The highest BCUT2D eigenvalue weighted by atomic mass is 79.9. The quantitative estimate of drug-likeness (QED) is 0.813. The molecule has 4 heteroatoms. The Labute approximate surface area is 110 Å². The van der Waals surface area contributed by atoms with Crippen LogP contribution in [0, 0.1) is 0 Å². The zero-order valence-electron chi connectivity index (χ0n) is 9.54. The maximum Gasteiger partial charge on any atom is 0.0300 e. The zero-order valence-corrected chi connectivity index (χ0v) is 11.9. The minimum Gasteiger partial charge on any atom is -0.312 e. The second kappa shape index (κ2) is 6.74. The summed E-state index contributed by atoms with van der Waals surface area (Å²) in [4.78, 5) is 3.98. The molecular formula is C12H19BrN2S. The largest absolute Gasteiger partial charge is 0.312 e. The number of nitrogens with one attached hydrogen (secondary N) is 1. The van der Waals surface area contributed by atoms with Gasteiger partial charge in [-0.05, 0) is 67.4 Å². The monoisotopic (exact) mass is 302 g/mol. The van der Waals surface area contributed by atoms with E-state index in [4.69, 9.17) is 0 Å². The van der Waals surface area contributed by atoms with Gasteiger partial charge in [0.1, 0.15) is 0 Å². The maximum atomic E-state index is 3.50. The minimum absolute atomic E-state index is 1.01. The molecule has 1 N–H and O–H groups in total. The highest BCUT2D eigenvalue weighted by Crippen LogP contribution is 2.19. The van der Waals surface area contributed by atoms with Crippen LogP contribution in [0.1, 0.15) is 24.1 Å². The van der Waals surface area contributed by atoms with Crippen LogP contribution in [0.5, 0.6) is 0 Å². The molecule has 1 aromatic heterocycles. The van der Waals surface area contributed by atoms with Gasteiger partial charge in [0.15, 0.2) is 0 Å². The number of nitrogens with zero attached hydrogens (tertiary/aromatic N) is 1. The predicted molar refractivity (Wildman–Crippen MR) is 74.0 cm³/mol. The van der Waals surface area contributed by atoms with Gasteiger partial charge in [-0.1, -0.05) is 0 Å². The highest BCUT2D eigenvalue weighted by molar-refractivity contribution is 9.10. The van der Waals surface area contributed by atoms with Gasteiger partial charge in [0.2, 0.25) is 0 Å². The fourth-order valence-corrected chi connectivity index (χ4v) is 3.51. The van der Waals surface area contributed by atoms with Crippen molar-refractivity contribution in [1.29, 1.82) is 0 Å². The van der Waals surface area contributed by atoms with Crippen molar-refractivity contribution < 1.29 is 0 Å². The van der Waals surface area contributed by atoms with Crippen molar-refractivity contribution in [2.45, 2.75) is 25.8 Å². The molecule has 0 aromatic carbocycles. The van der Waals surface area contributed by atoms with Crippen LogP contribution < -0.4 is 5.32 Å². The summed E-state index contributed by atoms with van der Waals surface area (Å²) < 4.78 is 1.20. The van der Waals surface area contributed by atoms with Crippen LogP contribution in [0.3, 0.4) is 0 Å². The number of rotatable bonds is 6. The molecule has 0 radical (unpaired) electrons. The zero-order chi connectivity index (χ0) is 11.2. The van der Waals surface area contributed by atoms with Crippen molar-refractivity contribution in [3.05, 3.63) is 20.8 Å². The van der Waals surface area contributed by atoms with Crippen molar-refractivity contribution in [1.82, 2.24) is 10.2 Å². The third-order valence-electron chi connectivity index (χ3n) is 2.95. The average molecular weight is 303 g/mol. The first kappa shape index (κ1) is 12.6. The number of hydrogen-bond acceptors (Lipinski definition) is 3. The molecule has 90 valence electrons. The Morgan fingerprint density at radius 2 is 2.19 bits per heavy atom. The predicted octanol–water partition coefficient (Wildman–Crippen LogP) is 3.09. The SMILES string of the molecule is Brc1csc(CNCCCN2CCCC2)c1. The van der Waals surface area contributed by atoms with Crippen molar-refractivity contribution in [2.75, 3.05) is 26.2 Å². The number of likely N-dealkylation sites (tertiary alicyclic amines) is 1. The Morgan fingerprint density at radius 3 is 2.88 bits per heavy atom. The summed E-state index contributed by atoms with van der Waals surface area (Å²) in [5.41, 5.74) is 0. The van der Waals surface area contributed by atoms with Crippen LogP contribution >= 0.6 is 27.3 Å². The fraction of sp³-hybridized carbons (Fsp3) is 0.667. The average Bonchev–Trinajstić information content (AvgIpc) is 2.89. The van der Waals surface area contributed by atoms with Crippen molar-refractivity contribution in [3.8, 4) is 0 Å². The Balaban J connectivity index is 1.51. The van der Waals surface area contributed by atoms with Crippen LogP contribution in [0.15, 0.2) is 15.9 Å². The normalized spacial score (nSPS) is 17.1. The van der Waals surface area contributed by atoms with Gasteiger partial charge in [-0.2, -0.15) is 0 Å². The topological polar surface area (TPSA) is 15.3 Å². The van der Waals surface area contributed by atoms with E-state index in [-0.39, 0.29) is 0 Å². The lowest BCUT2D eigenvalue weighted by atomic mass is 10.3. The van der Waals surface area contributed by atoms with E-state index < -0.39 is 0 Å². The summed E-state index contributed by atoms with van der Waals surface area (Å²) in [6.07, 6.45) is 4.07. The Morgan fingerprint density at radius 1 is 1.38 bits per heavy atom. The molecule has 0 aliphatic carbocycles. The summed E-state index contributed by atoms with van der Waals surface area (Å²) in [5.74, 6) is 0. The summed E-state index contributed by atoms with van der Waals surface area (Å²) in [6, 6.07) is 2.19. The molecule has 0 saturated carbocycles. The molecule has 0 spiro atoms. The fourth-order valence-electron chi connectivity index (χ4n) is 2.09. The number of halogens is 1. The highest BCUT2D eigenvalue weighted by Gasteiger charge is 2.09. The minimum atomic E-state index is 1.01. The lowest BCUT2D eigenvalue weighted by Crippen LogP contribution is -2.24. The van der Waals surface area contributed by atoms with Gasteiger partial charge in [-0.15, -0.1) is 11.3 Å². The summed E-state index contributed by atoms with van der Waals surface area (Å²) in [5, 5.41) is 5.64. The molecular weight excluding hydrogens is 284 g/mol. The van der Waals surface area contributed by atoms with E-state index in [1.807, 2.05) is 11.3 Å². The lowest BCUT2D eigenvalue weighted by molar-refractivity contribution is 0.331. The first-order valence-corrected chi connectivity index (χ1v) is 7.68. The molecule has 1 aliphatic rings. The van der Waals surface area contributed by atoms with Crippen molar-refractivity contribution >= 4 is 27.3 Å². The summed E-state index contributed by atoms with van der Waals surface area (Å²) >= 11 is 5.29. The van der Waals surface area contributed by atoms with Crippen LogP contribution in [0.2, 0.25) is 0 Å². The lowest BCUT2D eigenvalue weighted by Gasteiger charge is -2.13. The standard InChI is InChI=1S/C12H19BrN2S/c13-11-8-12(16-10-11)9-14-4-3-7-15-5-1-2-6-15/h8,10,14H,1-7,9H2. The van der Waals surface area contributed by atoms with E-state index in [0.717, 1.165) is 13.1 Å². The van der Waals surface area contributed by atoms with Gasteiger partial charge in [0, 0.05) is 21.3 Å². The molecule has 0 amide bonds. The molecule has 0 unspecified atom stereocenters. The maximum absolute atomic E-state index is 3.50. The molecule has 0 atom stereocenters. The van der Waals surface area contributed by atoms with Gasteiger partial charge in [-0.25, -0.2) is 0 Å². The van der Waals surface area contributed by atoms with E-state index in [0.29, 0.717) is 0 Å². The van der Waals surface area contributed by atoms with E-state index in [1.54, 1.807) is 0 Å². The van der Waals surface area contributed by atoms with Crippen LogP contribution in [0.25, 0.3) is 0 Å². The second-order valence-electron chi connectivity index (χ2n) is 4.31. The molecule has 1 aliphatic heterocycles. The molecule has 2 nitrogen and oxygen atoms in total. The molecule has 2 heterocycles. The van der Waals surface area contributed by atoms with Crippen LogP contribution in [0.4, 0.5) is 0 Å². The molecule has 2 rings (SSSR count). The van der Waals surface area contributed by atoms with Gasteiger partial charge in [0.25, 0.3) is 0 Å². The van der Waals surface area contributed by atoms with Gasteiger partial charge in [-0.3, -0.25) is 0 Å². The van der Waals surface area contributed by atoms with E-state index in [2.05, 4.69) is 37.6 Å². The van der Waals surface area contributed by atoms with Crippen LogP contribution in [-0.4, -0.2) is 31.1 Å². The third kappa shape index (κ3) is 4.17. The Kier molecular flexibility index (Phi) is 5.29. The molecule has 1 saturated heterocycles. The van der Waals surface area contributed by atoms with E-state index >= 15 is 0 Å². The van der Waals surface area contributed by atoms with Crippen LogP contribution in [-0.2, 0) is 6.54 Å². The third-order valence-corrected chi connectivity index (χ3v) is 4.65. The van der Waals surface area contributed by atoms with Gasteiger partial charge >= 0.3 is 0 Å². The number of thiophene rings is 1.